The maximum absolute atomic E-state index is 12.3. The zero-order valence-electron chi connectivity index (χ0n) is 12.3. The van der Waals surface area contributed by atoms with E-state index in [1.807, 2.05) is 4.90 Å². The topological polar surface area (TPSA) is 66.5 Å². The molecule has 20 heavy (non-hydrogen) atoms. The van der Waals surface area contributed by atoms with Crippen LogP contribution in [0.25, 0.3) is 0 Å². The van der Waals surface area contributed by atoms with Crippen molar-refractivity contribution in [2.75, 3.05) is 31.1 Å². The van der Waals surface area contributed by atoms with Crippen LogP contribution in [-0.4, -0.2) is 56.4 Å². The van der Waals surface area contributed by atoms with Crippen LogP contribution in [-0.2, 0) is 14.6 Å². The Balaban J connectivity index is 1.85. The van der Waals surface area contributed by atoms with Crippen molar-refractivity contribution in [3.05, 3.63) is 0 Å². The summed E-state index contributed by atoms with van der Waals surface area (Å²) < 4.78 is 23.2. The van der Waals surface area contributed by atoms with Gasteiger partial charge in [-0.1, -0.05) is 13.3 Å². The summed E-state index contributed by atoms with van der Waals surface area (Å²) in [5, 5.41) is 3.15. The van der Waals surface area contributed by atoms with Crippen LogP contribution in [0.4, 0.5) is 0 Å². The van der Waals surface area contributed by atoms with E-state index in [2.05, 4.69) is 12.2 Å². The van der Waals surface area contributed by atoms with Crippen molar-refractivity contribution in [2.45, 2.75) is 45.1 Å². The fourth-order valence-corrected chi connectivity index (χ4v) is 4.61. The zero-order chi connectivity index (χ0) is 14.6. The molecule has 0 aromatic heterocycles. The van der Waals surface area contributed by atoms with E-state index in [-0.39, 0.29) is 23.5 Å². The fraction of sp³-hybridized carbons (Fsp3) is 0.929. The number of amides is 1. The number of sulfone groups is 1. The van der Waals surface area contributed by atoms with Crippen molar-refractivity contribution in [3.8, 4) is 0 Å². The third-order valence-electron chi connectivity index (χ3n) is 4.50. The van der Waals surface area contributed by atoms with E-state index in [1.54, 1.807) is 0 Å². The summed E-state index contributed by atoms with van der Waals surface area (Å²) in [6, 6.07) is -0.202. The van der Waals surface area contributed by atoms with Crippen LogP contribution in [0.15, 0.2) is 0 Å². The lowest BCUT2D eigenvalue weighted by Gasteiger charge is -2.27. The van der Waals surface area contributed by atoms with Gasteiger partial charge in [-0.2, -0.15) is 0 Å². The Morgan fingerprint density at radius 3 is 2.80 bits per heavy atom. The average molecular weight is 302 g/mol. The molecule has 5 nitrogen and oxygen atoms in total. The van der Waals surface area contributed by atoms with Crippen LogP contribution in [0.1, 0.15) is 39.0 Å². The van der Waals surface area contributed by atoms with Crippen LogP contribution < -0.4 is 5.32 Å². The van der Waals surface area contributed by atoms with E-state index in [0.29, 0.717) is 13.0 Å². The smallest absolute Gasteiger partial charge is 0.224 e. The molecule has 2 aliphatic heterocycles. The summed E-state index contributed by atoms with van der Waals surface area (Å²) >= 11 is 0. The Hall–Kier alpha value is -0.620. The molecule has 2 atom stereocenters. The molecule has 2 aliphatic rings. The summed E-state index contributed by atoms with van der Waals surface area (Å²) in [6.07, 6.45) is 4.86. The monoisotopic (exact) mass is 302 g/mol. The third-order valence-corrected chi connectivity index (χ3v) is 6.24. The highest BCUT2D eigenvalue weighted by Crippen LogP contribution is 2.21. The molecule has 116 valence electrons. The van der Waals surface area contributed by atoms with E-state index in [1.165, 1.54) is 12.8 Å². The first-order valence-electron chi connectivity index (χ1n) is 7.72. The molecule has 2 saturated heterocycles. The van der Waals surface area contributed by atoms with E-state index in [9.17, 15) is 13.2 Å². The quantitative estimate of drug-likeness (QED) is 0.837. The SMILES string of the molecule is CCC1CCCN(C(=O)CC2CS(=O)(=O)CCN2)CC1. The van der Waals surface area contributed by atoms with Crippen molar-refractivity contribution in [2.24, 2.45) is 5.92 Å². The lowest BCUT2D eigenvalue weighted by Crippen LogP contribution is -2.48. The van der Waals surface area contributed by atoms with Gasteiger partial charge in [-0.05, 0) is 25.2 Å². The average Bonchev–Trinajstić information content (AvgIpc) is 2.62. The molecular formula is C14H26N2O3S. The molecule has 0 aromatic rings. The number of hydrogen-bond acceptors (Lipinski definition) is 4. The molecule has 0 spiro atoms. The van der Waals surface area contributed by atoms with Gasteiger partial charge >= 0.3 is 0 Å². The van der Waals surface area contributed by atoms with E-state index in [4.69, 9.17) is 0 Å². The third kappa shape index (κ3) is 4.45. The second kappa shape index (κ2) is 6.89. The van der Waals surface area contributed by atoms with Gasteiger partial charge in [-0.15, -0.1) is 0 Å². The number of carbonyl (C=O) groups is 1. The van der Waals surface area contributed by atoms with Crippen LogP contribution in [0.2, 0.25) is 0 Å². The van der Waals surface area contributed by atoms with Gasteiger partial charge in [0.1, 0.15) is 0 Å². The molecular weight excluding hydrogens is 276 g/mol. The largest absolute Gasteiger partial charge is 0.343 e. The second-order valence-electron chi connectivity index (χ2n) is 6.06. The van der Waals surface area contributed by atoms with Gasteiger partial charge in [0.15, 0.2) is 9.84 Å². The molecule has 0 radical (unpaired) electrons. The van der Waals surface area contributed by atoms with Crippen LogP contribution >= 0.6 is 0 Å². The van der Waals surface area contributed by atoms with Gasteiger partial charge in [-0.3, -0.25) is 4.79 Å². The number of nitrogens with one attached hydrogen (secondary N) is 1. The molecule has 0 saturated carbocycles. The number of carbonyl (C=O) groups excluding carboxylic acids is 1. The predicted octanol–water partition coefficient (Wildman–Crippen LogP) is 0.802. The lowest BCUT2D eigenvalue weighted by molar-refractivity contribution is -0.131. The first-order chi connectivity index (χ1) is 9.50. The van der Waals surface area contributed by atoms with E-state index >= 15 is 0 Å². The Morgan fingerprint density at radius 1 is 1.30 bits per heavy atom. The summed E-state index contributed by atoms with van der Waals surface area (Å²) in [4.78, 5) is 14.2. The Labute approximate surface area is 122 Å². The molecule has 1 amide bonds. The Kier molecular flexibility index (Phi) is 5.43. The van der Waals surface area contributed by atoms with Crippen LogP contribution in [0.5, 0.6) is 0 Å². The van der Waals surface area contributed by atoms with E-state index in [0.717, 1.165) is 31.8 Å². The first-order valence-corrected chi connectivity index (χ1v) is 9.54. The van der Waals surface area contributed by atoms with Gasteiger partial charge < -0.3 is 10.2 Å². The molecule has 2 heterocycles. The van der Waals surface area contributed by atoms with Gasteiger partial charge in [0.05, 0.1) is 11.5 Å². The molecule has 2 unspecified atom stereocenters. The van der Waals surface area contributed by atoms with Crippen molar-refractivity contribution in [1.82, 2.24) is 10.2 Å². The van der Waals surface area contributed by atoms with Crippen molar-refractivity contribution in [1.29, 1.82) is 0 Å². The highest BCUT2D eigenvalue weighted by molar-refractivity contribution is 7.91. The maximum Gasteiger partial charge on any atom is 0.224 e. The normalized spacial score (nSPS) is 30.8. The molecule has 1 N–H and O–H groups in total. The standard InChI is InChI=1S/C14H26N2O3S/c1-2-12-4-3-7-16(8-5-12)14(17)10-13-11-20(18,19)9-6-15-13/h12-13,15H,2-11H2,1H3. The summed E-state index contributed by atoms with van der Waals surface area (Å²) in [5.74, 6) is 1.14. The summed E-state index contributed by atoms with van der Waals surface area (Å²) in [5.41, 5.74) is 0. The number of rotatable bonds is 3. The zero-order valence-corrected chi connectivity index (χ0v) is 13.1. The highest BCUT2D eigenvalue weighted by atomic mass is 32.2. The lowest BCUT2D eigenvalue weighted by atomic mass is 9.98. The Morgan fingerprint density at radius 2 is 2.10 bits per heavy atom. The number of nitrogens with zero attached hydrogens (tertiary/aromatic N) is 1. The fourth-order valence-electron chi connectivity index (χ4n) is 3.16. The van der Waals surface area contributed by atoms with E-state index < -0.39 is 9.84 Å². The van der Waals surface area contributed by atoms with Gasteiger partial charge in [0.2, 0.25) is 5.91 Å². The molecule has 0 aliphatic carbocycles. The summed E-state index contributed by atoms with van der Waals surface area (Å²) in [7, 11) is -2.96. The minimum atomic E-state index is -2.96. The highest BCUT2D eigenvalue weighted by Gasteiger charge is 2.28. The molecule has 0 aromatic carbocycles. The van der Waals surface area contributed by atoms with Crippen molar-refractivity contribution >= 4 is 15.7 Å². The van der Waals surface area contributed by atoms with Gasteiger partial charge in [0, 0.05) is 32.1 Å². The van der Waals surface area contributed by atoms with Crippen LogP contribution in [0, 0.1) is 5.92 Å². The first kappa shape index (κ1) is 15.8. The second-order valence-corrected chi connectivity index (χ2v) is 8.28. The minimum absolute atomic E-state index is 0.101. The minimum Gasteiger partial charge on any atom is -0.343 e. The van der Waals surface area contributed by atoms with Crippen LogP contribution in [0.3, 0.4) is 0 Å². The van der Waals surface area contributed by atoms with Crippen molar-refractivity contribution < 1.29 is 13.2 Å². The Bertz CT molecular complexity index is 436. The predicted molar refractivity (Wildman–Crippen MR) is 79.3 cm³/mol. The number of likely N-dealkylation sites (tertiary alicyclic amines) is 1. The maximum atomic E-state index is 12.3. The molecule has 2 fully saturated rings. The molecule has 0 bridgehead atoms. The summed E-state index contributed by atoms with van der Waals surface area (Å²) in [6.45, 7) is 4.34. The van der Waals surface area contributed by atoms with Gasteiger partial charge in [-0.25, -0.2) is 8.42 Å². The molecule has 2 rings (SSSR count). The number of hydrogen-bond donors (Lipinski definition) is 1. The van der Waals surface area contributed by atoms with Crippen molar-refractivity contribution in [3.63, 3.8) is 0 Å². The molecule has 6 heteroatoms. The van der Waals surface area contributed by atoms with Gasteiger partial charge in [0.25, 0.3) is 0 Å².